The first-order chi connectivity index (χ1) is 12.5. The summed E-state index contributed by atoms with van der Waals surface area (Å²) < 4.78 is 15.7. The number of rotatable bonds is 8. The second kappa shape index (κ2) is 9.38. The third kappa shape index (κ3) is 5.18. The number of nitro groups is 1. The maximum Gasteiger partial charge on any atom is 0.413 e. The van der Waals surface area contributed by atoms with Gasteiger partial charge in [0.2, 0.25) is 0 Å². The van der Waals surface area contributed by atoms with Crippen LogP contribution in [0, 0.1) is 10.1 Å². The van der Waals surface area contributed by atoms with Crippen molar-refractivity contribution >= 4 is 17.5 Å². The maximum absolute atomic E-state index is 11.7. The van der Waals surface area contributed by atoms with Gasteiger partial charge in [-0.05, 0) is 11.6 Å². The first-order valence-corrected chi connectivity index (χ1v) is 7.87. The highest BCUT2D eigenvalue weighted by Crippen LogP contribution is 2.31. The number of nitro benzene ring substituents is 1. The van der Waals surface area contributed by atoms with Crippen molar-refractivity contribution in [3.63, 3.8) is 0 Å². The normalized spacial score (nSPS) is 10.2. The van der Waals surface area contributed by atoms with Crippen LogP contribution in [0.3, 0.4) is 0 Å². The number of nitrogens with zero attached hydrogens (tertiary/aromatic N) is 2. The molecule has 8 nitrogen and oxygen atoms in total. The Labute approximate surface area is 151 Å². The van der Waals surface area contributed by atoms with Gasteiger partial charge in [-0.2, -0.15) is 0 Å². The summed E-state index contributed by atoms with van der Waals surface area (Å²) in [7, 11) is 2.59. The number of carbonyl (C=O) groups excluding carboxylic acids is 1. The van der Waals surface area contributed by atoms with Crippen LogP contribution in [-0.2, 0) is 16.1 Å². The number of ether oxygens (including phenoxy) is 3. The molecule has 0 saturated heterocycles. The minimum absolute atomic E-state index is 0.0875. The van der Waals surface area contributed by atoms with E-state index in [1.165, 1.54) is 32.4 Å². The zero-order chi connectivity index (χ0) is 18.9. The molecule has 8 heteroatoms. The molecular formula is C18H20N2O6. The lowest BCUT2D eigenvalue weighted by Gasteiger charge is -2.16. The summed E-state index contributed by atoms with van der Waals surface area (Å²) in [5.74, 6) is 0.393. The number of hydrogen-bond donors (Lipinski definition) is 0. The van der Waals surface area contributed by atoms with Crippen molar-refractivity contribution in [2.75, 3.05) is 32.3 Å². The van der Waals surface area contributed by atoms with Crippen LogP contribution < -0.4 is 9.64 Å². The van der Waals surface area contributed by atoms with Crippen LogP contribution in [0.5, 0.6) is 5.75 Å². The van der Waals surface area contributed by atoms with Crippen LogP contribution in [0.4, 0.5) is 16.2 Å². The number of methoxy groups -OCH3 is 1. The summed E-state index contributed by atoms with van der Waals surface area (Å²) in [6, 6.07) is 13.9. The van der Waals surface area contributed by atoms with Crippen molar-refractivity contribution in [2.45, 2.75) is 6.61 Å². The highest BCUT2D eigenvalue weighted by Gasteiger charge is 2.22. The maximum atomic E-state index is 11.7. The van der Waals surface area contributed by atoms with Crippen molar-refractivity contribution < 1.29 is 23.9 Å². The highest BCUT2D eigenvalue weighted by atomic mass is 16.6. The quantitative estimate of drug-likeness (QED) is 0.407. The van der Waals surface area contributed by atoms with Gasteiger partial charge >= 0.3 is 6.09 Å². The van der Waals surface area contributed by atoms with Crippen LogP contribution in [0.25, 0.3) is 0 Å². The molecule has 0 spiro atoms. The molecule has 0 N–H and O–H groups in total. The van der Waals surface area contributed by atoms with Gasteiger partial charge in [0, 0.05) is 19.2 Å². The molecule has 26 heavy (non-hydrogen) atoms. The lowest BCUT2D eigenvalue weighted by atomic mass is 10.2. The molecule has 0 bridgehead atoms. The molecule has 0 aromatic heterocycles. The standard InChI is InChI=1S/C18H20N2O6/c1-19(18(21)24-2)17-12-15(8-9-16(17)20(22)23)26-11-10-25-13-14-6-4-3-5-7-14/h3-9,12H,10-11,13H2,1-2H3. The molecule has 2 aromatic rings. The molecule has 2 rings (SSSR count). The summed E-state index contributed by atoms with van der Waals surface area (Å²) in [6.45, 7) is 1.10. The third-order valence-corrected chi connectivity index (χ3v) is 3.56. The summed E-state index contributed by atoms with van der Waals surface area (Å²) in [6.07, 6.45) is -0.712. The van der Waals surface area contributed by atoms with Crippen LogP contribution in [0.2, 0.25) is 0 Å². The van der Waals surface area contributed by atoms with Gasteiger partial charge in [-0.15, -0.1) is 0 Å². The average Bonchev–Trinajstić information content (AvgIpc) is 2.67. The van der Waals surface area contributed by atoms with E-state index in [2.05, 4.69) is 4.74 Å². The van der Waals surface area contributed by atoms with E-state index in [0.717, 1.165) is 10.5 Å². The Morgan fingerprint density at radius 1 is 1.15 bits per heavy atom. The highest BCUT2D eigenvalue weighted by molar-refractivity contribution is 5.90. The zero-order valence-corrected chi connectivity index (χ0v) is 14.6. The van der Waals surface area contributed by atoms with Crippen LogP contribution >= 0.6 is 0 Å². The fraction of sp³-hybridized carbons (Fsp3) is 0.278. The van der Waals surface area contributed by atoms with Crippen molar-refractivity contribution in [1.29, 1.82) is 0 Å². The molecule has 0 radical (unpaired) electrons. The van der Waals surface area contributed by atoms with Crippen LogP contribution in [0.1, 0.15) is 5.56 Å². The molecule has 0 heterocycles. The molecule has 0 aliphatic heterocycles. The predicted molar refractivity (Wildman–Crippen MR) is 95.5 cm³/mol. The van der Waals surface area contributed by atoms with Crippen molar-refractivity contribution in [1.82, 2.24) is 0 Å². The second-order valence-electron chi connectivity index (χ2n) is 5.32. The van der Waals surface area contributed by atoms with E-state index >= 15 is 0 Å². The molecule has 1 amide bonds. The van der Waals surface area contributed by atoms with Crippen molar-refractivity contribution in [2.24, 2.45) is 0 Å². The molecule has 2 aromatic carbocycles. The van der Waals surface area contributed by atoms with Gasteiger partial charge in [-0.25, -0.2) is 4.79 Å². The van der Waals surface area contributed by atoms with E-state index in [1.807, 2.05) is 30.3 Å². The van der Waals surface area contributed by atoms with E-state index in [9.17, 15) is 14.9 Å². The smallest absolute Gasteiger partial charge is 0.413 e. The van der Waals surface area contributed by atoms with Crippen molar-refractivity contribution in [3.05, 3.63) is 64.2 Å². The zero-order valence-electron chi connectivity index (χ0n) is 14.6. The van der Waals surface area contributed by atoms with Gasteiger partial charge in [0.25, 0.3) is 5.69 Å². The predicted octanol–water partition coefficient (Wildman–Crippen LogP) is 3.39. The van der Waals surface area contributed by atoms with Gasteiger partial charge in [-0.3, -0.25) is 15.0 Å². The monoisotopic (exact) mass is 360 g/mol. The van der Waals surface area contributed by atoms with E-state index in [-0.39, 0.29) is 18.0 Å². The topological polar surface area (TPSA) is 91.1 Å². The SMILES string of the molecule is COC(=O)N(C)c1cc(OCCOCc2ccccc2)ccc1[N+](=O)[O-]. The molecule has 0 aliphatic rings. The number of benzene rings is 2. The lowest BCUT2D eigenvalue weighted by Crippen LogP contribution is -2.26. The molecule has 0 aliphatic carbocycles. The van der Waals surface area contributed by atoms with Gasteiger partial charge in [0.15, 0.2) is 0 Å². The first-order valence-electron chi connectivity index (χ1n) is 7.87. The first kappa shape index (κ1) is 19.2. The Balaban J connectivity index is 1.94. The molecule has 0 unspecified atom stereocenters. The number of amides is 1. The number of hydrogen-bond acceptors (Lipinski definition) is 6. The lowest BCUT2D eigenvalue weighted by molar-refractivity contribution is -0.384. The fourth-order valence-electron chi connectivity index (χ4n) is 2.23. The van der Waals surface area contributed by atoms with Crippen LogP contribution in [0.15, 0.2) is 48.5 Å². The molecule has 0 atom stereocenters. The van der Waals surface area contributed by atoms with Gasteiger partial charge < -0.3 is 14.2 Å². The summed E-state index contributed by atoms with van der Waals surface area (Å²) in [4.78, 5) is 23.3. The summed E-state index contributed by atoms with van der Waals surface area (Å²) in [5.41, 5.74) is 0.931. The minimum Gasteiger partial charge on any atom is -0.491 e. The van der Waals surface area contributed by atoms with Gasteiger partial charge in [-0.1, -0.05) is 30.3 Å². The fourth-order valence-corrected chi connectivity index (χ4v) is 2.23. The Morgan fingerprint density at radius 2 is 1.88 bits per heavy atom. The van der Waals surface area contributed by atoms with E-state index in [1.54, 1.807) is 0 Å². The number of carbonyl (C=O) groups is 1. The minimum atomic E-state index is -0.712. The Kier molecular flexibility index (Phi) is 6.92. The molecule has 138 valence electrons. The Hall–Kier alpha value is -3.13. The Morgan fingerprint density at radius 3 is 2.54 bits per heavy atom. The van der Waals surface area contributed by atoms with Gasteiger partial charge in [0.05, 0.1) is 25.2 Å². The molecule has 0 fully saturated rings. The largest absolute Gasteiger partial charge is 0.491 e. The summed E-state index contributed by atoms with van der Waals surface area (Å²) >= 11 is 0. The van der Waals surface area contributed by atoms with E-state index in [0.29, 0.717) is 19.0 Å². The second-order valence-corrected chi connectivity index (χ2v) is 5.32. The van der Waals surface area contributed by atoms with E-state index < -0.39 is 11.0 Å². The Bertz CT molecular complexity index is 751. The molecular weight excluding hydrogens is 340 g/mol. The third-order valence-electron chi connectivity index (χ3n) is 3.56. The van der Waals surface area contributed by atoms with Crippen LogP contribution in [-0.4, -0.2) is 38.4 Å². The van der Waals surface area contributed by atoms with Gasteiger partial charge in [0.1, 0.15) is 18.0 Å². The summed E-state index contributed by atoms with van der Waals surface area (Å²) in [5, 5.41) is 11.1. The van der Waals surface area contributed by atoms with E-state index in [4.69, 9.17) is 9.47 Å². The average molecular weight is 360 g/mol. The number of anilines is 1. The molecule has 0 saturated carbocycles. The van der Waals surface area contributed by atoms with Crippen molar-refractivity contribution in [3.8, 4) is 5.75 Å².